The van der Waals surface area contributed by atoms with Gasteiger partial charge in [-0.1, -0.05) is 23.2 Å². The van der Waals surface area contributed by atoms with Crippen molar-refractivity contribution in [2.45, 2.75) is 6.42 Å². The Bertz CT molecular complexity index is 857. The number of fused-ring (bicyclic) bond motifs is 1. The molecule has 1 heterocycles. The highest BCUT2D eigenvalue weighted by Gasteiger charge is 2.26. The topological polar surface area (TPSA) is 76.7 Å². The van der Waals surface area contributed by atoms with E-state index >= 15 is 0 Å². The summed E-state index contributed by atoms with van der Waals surface area (Å²) < 4.78 is 10.7. The molecule has 26 heavy (non-hydrogen) atoms. The van der Waals surface area contributed by atoms with E-state index in [1.54, 1.807) is 30.3 Å². The summed E-state index contributed by atoms with van der Waals surface area (Å²) >= 11 is 11.9. The fourth-order valence-electron chi connectivity index (χ4n) is 2.68. The van der Waals surface area contributed by atoms with Gasteiger partial charge in [0, 0.05) is 10.0 Å². The number of hydrogen-bond donors (Lipinski definition) is 2. The molecule has 1 aliphatic heterocycles. The van der Waals surface area contributed by atoms with Gasteiger partial charge in [0.25, 0.3) is 5.91 Å². The van der Waals surface area contributed by atoms with E-state index in [1.807, 2.05) is 0 Å². The molecule has 3 rings (SSSR count). The first kappa shape index (κ1) is 18.4. The molecule has 1 aliphatic rings. The molecule has 0 radical (unpaired) electrons. The van der Waals surface area contributed by atoms with Crippen LogP contribution in [0.5, 0.6) is 11.5 Å². The molecule has 2 aromatic rings. The van der Waals surface area contributed by atoms with Gasteiger partial charge in [0.1, 0.15) is 18.1 Å². The first-order chi connectivity index (χ1) is 12.5. The monoisotopic (exact) mass is 394 g/mol. The SMILES string of the molecule is COc1ccc(Cl)cc1C(=O)NNC(=O)[C@H]1COc2ccc(Cl)cc2C1. The van der Waals surface area contributed by atoms with E-state index in [-0.39, 0.29) is 18.1 Å². The standard InChI is InChI=1S/C18H16Cl2N2O4/c1-25-16-5-3-13(20)8-14(16)18(24)22-21-17(23)11-6-10-7-12(19)2-4-15(10)26-9-11/h2-5,7-8,11H,6,9H2,1H3,(H,21,23)(H,22,24)/t11-/m1/s1. The van der Waals surface area contributed by atoms with E-state index in [2.05, 4.69) is 10.9 Å². The first-order valence-electron chi connectivity index (χ1n) is 7.83. The predicted octanol–water partition coefficient (Wildman–Crippen LogP) is 3.01. The van der Waals surface area contributed by atoms with Crippen LogP contribution in [-0.4, -0.2) is 25.5 Å². The van der Waals surface area contributed by atoms with Crippen molar-refractivity contribution >= 4 is 35.0 Å². The molecule has 0 fully saturated rings. The predicted molar refractivity (Wildman–Crippen MR) is 97.8 cm³/mol. The summed E-state index contributed by atoms with van der Waals surface area (Å²) in [4.78, 5) is 24.6. The molecular weight excluding hydrogens is 379 g/mol. The Morgan fingerprint density at radius 3 is 2.62 bits per heavy atom. The number of hydrazine groups is 1. The maximum absolute atomic E-state index is 12.4. The van der Waals surface area contributed by atoms with Crippen molar-refractivity contribution < 1.29 is 19.1 Å². The summed E-state index contributed by atoms with van der Waals surface area (Å²) in [6.45, 7) is 0.219. The molecule has 0 spiro atoms. The lowest BCUT2D eigenvalue weighted by atomic mass is 9.96. The number of methoxy groups -OCH3 is 1. The third-order valence-electron chi connectivity index (χ3n) is 4.01. The zero-order valence-corrected chi connectivity index (χ0v) is 15.4. The second kappa shape index (κ2) is 7.85. The molecule has 0 saturated heterocycles. The smallest absolute Gasteiger partial charge is 0.273 e. The summed E-state index contributed by atoms with van der Waals surface area (Å²) in [5.74, 6) is -0.262. The first-order valence-corrected chi connectivity index (χ1v) is 8.58. The number of benzene rings is 2. The number of rotatable bonds is 3. The second-order valence-corrected chi connectivity index (χ2v) is 6.62. The van der Waals surface area contributed by atoms with Gasteiger partial charge < -0.3 is 9.47 Å². The minimum atomic E-state index is -0.530. The molecule has 2 N–H and O–H groups in total. The molecule has 136 valence electrons. The molecule has 2 aromatic carbocycles. The summed E-state index contributed by atoms with van der Waals surface area (Å²) in [6, 6.07) is 9.93. The van der Waals surface area contributed by atoms with Crippen molar-refractivity contribution in [1.29, 1.82) is 0 Å². The van der Waals surface area contributed by atoms with Gasteiger partial charge in [-0.3, -0.25) is 20.4 Å². The molecule has 8 heteroatoms. The highest BCUT2D eigenvalue weighted by Crippen LogP contribution is 2.29. The lowest BCUT2D eigenvalue weighted by Crippen LogP contribution is -2.47. The van der Waals surface area contributed by atoms with Crippen molar-refractivity contribution in [2.24, 2.45) is 5.92 Å². The Kier molecular flexibility index (Phi) is 5.54. The van der Waals surface area contributed by atoms with Gasteiger partial charge in [0.15, 0.2) is 0 Å². The number of nitrogens with one attached hydrogen (secondary N) is 2. The highest BCUT2D eigenvalue weighted by atomic mass is 35.5. The fourth-order valence-corrected chi connectivity index (χ4v) is 3.04. The Morgan fingerprint density at radius 2 is 1.85 bits per heavy atom. The van der Waals surface area contributed by atoms with Gasteiger partial charge in [0.2, 0.25) is 5.91 Å². The number of hydrogen-bond acceptors (Lipinski definition) is 4. The van der Waals surface area contributed by atoms with Crippen LogP contribution < -0.4 is 20.3 Å². The lowest BCUT2D eigenvalue weighted by molar-refractivity contribution is -0.127. The number of ether oxygens (including phenoxy) is 2. The van der Waals surface area contributed by atoms with Crippen LogP contribution in [0, 0.1) is 5.92 Å². The average Bonchev–Trinajstić information content (AvgIpc) is 2.65. The van der Waals surface area contributed by atoms with Crippen molar-refractivity contribution in [2.75, 3.05) is 13.7 Å². The maximum atomic E-state index is 12.4. The lowest BCUT2D eigenvalue weighted by Gasteiger charge is -2.24. The zero-order chi connectivity index (χ0) is 18.7. The third kappa shape index (κ3) is 4.03. The number of carbonyl (C=O) groups is 2. The Morgan fingerprint density at radius 1 is 1.12 bits per heavy atom. The van der Waals surface area contributed by atoms with Gasteiger partial charge in [0.05, 0.1) is 18.6 Å². The second-order valence-electron chi connectivity index (χ2n) is 5.75. The number of halogens is 2. The van der Waals surface area contributed by atoms with Crippen LogP contribution in [-0.2, 0) is 11.2 Å². The van der Waals surface area contributed by atoms with E-state index in [4.69, 9.17) is 32.7 Å². The van der Waals surface area contributed by atoms with Gasteiger partial charge in [-0.2, -0.15) is 0 Å². The van der Waals surface area contributed by atoms with E-state index in [0.717, 1.165) is 5.56 Å². The quantitative estimate of drug-likeness (QED) is 0.784. The summed E-state index contributed by atoms with van der Waals surface area (Å²) in [7, 11) is 1.44. The minimum Gasteiger partial charge on any atom is -0.496 e. The highest BCUT2D eigenvalue weighted by molar-refractivity contribution is 6.31. The molecule has 0 aliphatic carbocycles. The van der Waals surface area contributed by atoms with Crippen molar-refractivity contribution in [3.8, 4) is 11.5 Å². The van der Waals surface area contributed by atoms with Crippen molar-refractivity contribution in [1.82, 2.24) is 10.9 Å². The van der Waals surface area contributed by atoms with Crippen LogP contribution in [0.1, 0.15) is 15.9 Å². The van der Waals surface area contributed by atoms with Crippen LogP contribution >= 0.6 is 23.2 Å². The molecule has 2 amide bonds. The van der Waals surface area contributed by atoms with Gasteiger partial charge in [-0.15, -0.1) is 0 Å². The Hall–Kier alpha value is -2.44. The molecule has 6 nitrogen and oxygen atoms in total. The van der Waals surface area contributed by atoms with Crippen LogP contribution in [0.3, 0.4) is 0 Å². The van der Waals surface area contributed by atoms with Gasteiger partial charge in [-0.25, -0.2) is 0 Å². The van der Waals surface area contributed by atoms with E-state index < -0.39 is 11.8 Å². The van der Waals surface area contributed by atoms with E-state index in [9.17, 15) is 9.59 Å². The number of amides is 2. The fraction of sp³-hybridized carbons (Fsp3) is 0.222. The average molecular weight is 395 g/mol. The zero-order valence-electron chi connectivity index (χ0n) is 13.8. The van der Waals surface area contributed by atoms with Crippen LogP contribution in [0.25, 0.3) is 0 Å². The van der Waals surface area contributed by atoms with Gasteiger partial charge >= 0.3 is 0 Å². The van der Waals surface area contributed by atoms with Crippen molar-refractivity contribution in [3.63, 3.8) is 0 Å². The third-order valence-corrected chi connectivity index (χ3v) is 4.48. The minimum absolute atomic E-state index is 0.219. The van der Waals surface area contributed by atoms with Crippen LogP contribution in [0.2, 0.25) is 10.0 Å². The molecule has 0 aromatic heterocycles. The molecule has 0 unspecified atom stereocenters. The summed E-state index contributed by atoms with van der Waals surface area (Å²) in [5, 5.41) is 0.964. The summed E-state index contributed by atoms with van der Waals surface area (Å²) in [6.07, 6.45) is 0.470. The Balaban J connectivity index is 1.63. The molecular formula is C18H16Cl2N2O4. The number of carbonyl (C=O) groups excluding carboxylic acids is 2. The van der Waals surface area contributed by atoms with E-state index in [0.29, 0.717) is 28.0 Å². The Labute approximate surface area is 160 Å². The van der Waals surface area contributed by atoms with Gasteiger partial charge in [-0.05, 0) is 48.4 Å². The normalized spacial score (nSPS) is 15.4. The van der Waals surface area contributed by atoms with Crippen molar-refractivity contribution in [3.05, 3.63) is 57.6 Å². The molecule has 0 bridgehead atoms. The van der Waals surface area contributed by atoms with Crippen LogP contribution in [0.15, 0.2) is 36.4 Å². The maximum Gasteiger partial charge on any atom is 0.273 e. The van der Waals surface area contributed by atoms with Crippen LogP contribution in [0.4, 0.5) is 0 Å². The summed E-state index contributed by atoms with van der Waals surface area (Å²) in [5.41, 5.74) is 5.86. The molecule has 0 saturated carbocycles. The largest absolute Gasteiger partial charge is 0.496 e. The van der Waals surface area contributed by atoms with E-state index in [1.165, 1.54) is 13.2 Å². The molecule has 1 atom stereocenters.